The minimum absolute atomic E-state index is 0.106. The van der Waals surface area contributed by atoms with Crippen molar-refractivity contribution in [3.8, 4) is 0 Å². The number of phosphoric ester groups is 2. The van der Waals surface area contributed by atoms with Crippen molar-refractivity contribution in [1.29, 1.82) is 0 Å². The van der Waals surface area contributed by atoms with Crippen molar-refractivity contribution >= 4 is 39.5 Å². The standard InChI is InChI=1S/C74H144O17P2/c1-7-10-12-14-16-18-20-21-22-23-24-25-26-27-29-35-39-47-53-59-74(79)90-69(62-84-71(76)56-50-44-37-33-31-30-32-36-42-48-54-66(4)5)64-88-92(80,81)86-60-68(75)61-87-93(82,83)89-65-70(63-85-72(77)57-51-45-41-40-43-49-55-67(6)9-3)91-73(78)58-52-46-38-34-28-19-17-15-13-11-8-2/h66-70,75H,7-65H2,1-6H3,(H,80,81)(H,82,83)/t67?,68-,69-,70-/m1/s1. The predicted molar refractivity (Wildman–Crippen MR) is 377 cm³/mol. The summed E-state index contributed by atoms with van der Waals surface area (Å²) in [5.41, 5.74) is 0. The van der Waals surface area contributed by atoms with Gasteiger partial charge < -0.3 is 33.8 Å². The van der Waals surface area contributed by atoms with Gasteiger partial charge in [0.2, 0.25) is 0 Å². The summed E-state index contributed by atoms with van der Waals surface area (Å²) in [5.74, 6) is -0.630. The summed E-state index contributed by atoms with van der Waals surface area (Å²) < 4.78 is 68.4. The number of ether oxygens (including phenoxy) is 4. The first kappa shape index (κ1) is 91.1. The fourth-order valence-electron chi connectivity index (χ4n) is 11.3. The predicted octanol–water partition coefficient (Wildman–Crippen LogP) is 21.6. The van der Waals surface area contributed by atoms with Gasteiger partial charge in [0.15, 0.2) is 12.2 Å². The smallest absolute Gasteiger partial charge is 0.462 e. The molecule has 0 bridgehead atoms. The minimum Gasteiger partial charge on any atom is -0.462 e. The first-order valence-corrected chi connectivity index (χ1v) is 41.5. The summed E-state index contributed by atoms with van der Waals surface area (Å²) in [7, 11) is -9.91. The van der Waals surface area contributed by atoms with E-state index in [2.05, 4.69) is 41.5 Å². The molecule has 0 aromatic rings. The van der Waals surface area contributed by atoms with Crippen LogP contribution in [0.5, 0.6) is 0 Å². The number of carbonyl (C=O) groups excluding carboxylic acids is 4. The van der Waals surface area contributed by atoms with Gasteiger partial charge in [-0.2, -0.15) is 0 Å². The number of phosphoric acid groups is 2. The number of rotatable bonds is 73. The molecule has 0 rings (SSSR count). The maximum Gasteiger partial charge on any atom is 0.472 e. The molecule has 0 amide bonds. The van der Waals surface area contributed by atoms with E-state index in [0.29, 0.717) is 25.7 Å². The van der Waals surface area contributed by atoms with Crippen molar-refractivity contribution in [1.82, 2.24) is 0 Å². The largest absolute Gasteiger partial charge is 0.472 e. The molecule has 0 fully saturated rings. The van der Waals surface area contributed by atoms with Crippen molar-refractivity contribution in [2.24, 2.45) is 11.8 Å². The number of esters is 4. The number of hydrogen-bond donors (Lipinski definition) is 3. The molecule has 93 heavy (non-hydrogen) atoms. The third-order valence-corrected chi connectivity index (χ3v) is 19.5. The van der Waals surface area contributed by atoms with Crippen LogP contribution in [0.4, 0.5) is 0 Å². The Kier molecular flexibility index (Phi) is 64.6. The average molecular weight is 1370 g/mol. The highest BCUT2D eigenvalue weighted by Gasteiger charge is 2.30. The van der Waals surface area contributed by atoms with Gasteiger partial charge >= 0.3 is 39.5 Å². The lowest BCUT2D eigenvalue weighted by Gasteiger charge is -2.21. The van der Waals surface area contributed by atoms with Crippen molar-refractivity contribution in [3.05, 3.63) is 0 Å². The van der Waals surface area contributed by atoms with Gasteiger partial charge in [-0.15, -0.1) is 0 Å². The highest BCUT2D eigenvalue weighted by atomic mass is 31.2. The van der Waals surface area contributed by atoms with Crippen molar-refractivity contribution in [3.63, 3.8) is 0 Å². The van der Waals surface area contributed by atoms with E-state index in [9.17, 15) is 43.2 Å². The van der Waals surface area contributed by atoms with Crippen LogP contribution in [0.1, 0.15) is 382 Å². The Balaban J connectivity index is 5.22. The Morgan fingerprint density at radius 2 is 0.548 bits per heavy atom. The summed E-state index contributed by atoms with van der Waals surface area (Å²) >= 11 is 0. The Bertz CT molecular complexity index is 1810. The van der Waals surface area contributed by atoms with Gasteiger partial charge in [-0.25, -0.2) is 9.13 Å². The summed E-state index contributed by atoms with van der Waals surface area (Å²) in [6, 6.07) is 0. The van der Waals surface area contributed by atoms with E-state index >= 15 is 0 Å². The quantitative estimate of drug-likeness (QED) is 0.0222. The molecule has 0 aliphatic carbocycles. The zero-order valence-electron chi connectivity index (χ0n) is 60.6. The SMILES string of the molecule is CCCCCCCCCCCCCCCCCCCCCC(=O)O[C@H](COC(=O)CCCCCCCCCCCCC(C)C)COP(=O)(O)OC[C@@H](O)COP(=O)(O)OC[C@@H](COC(=O)CCCCCCCCC(C)CC)OC(=O)CCCCCCCCCCCCC. The maximum atomic E-state index is 13.1. The Labute approximate surface area is 568 Å². The number of aliphatic hydroxyl groups excluding tert-OH is 1. The minimum atomic E-state index is -4.96. The van der Waals surface area contributed by atoms with Crippen LogP contribution in [0.15, 0.2) is 0 Å². The molecule has 0 aromatic heterocycles. The summed E-state index contributed by atoms with van der Waals surface area (Å²) in [5, 5.41) is 10.6. The maximum absolute atomic E-state index is 13.1. The molecule has 0 aliphatic rings. The van der Waals surface area contributed by atoms with Gasteiger partial charge in [0.05, 0.1) is 26.4 Å². The summed E-state index contributed by atoms with van der Waals surface area (Å²) in [6.45, 7) is 9.53. The Hall–Kier alpha value is -1.94. The highest BCUT2D eigenvalue weighted by molar-refractivity contribution is 7.47. The third-order valence-electron chi connectivity index (χ3n) is 17.6. The lowest BCUT2D eigenvalue weighted by atomic mass is 10.00. The second-order valence-corrected chi connectivity index (χ2v) is 30.3. The van der Waals surface area contributed by atoms with E-state index in [1.807, 2.05) is 0 Å². The molecule has 0 heterocycles. The molecular weight excluding hydrogens is 1220 g/mol. The van der Waals surface area contributed by atoms with Crippen LogP contribution in [0.2, 0.25) is 0 Å². The first-order chi connectivity index (χ1) is 44.9. The highest BCUT2D eigenvalue weighted by Crippen LogP contribution is 2.45. The molecule has 6 atom stereocenters. The van der Waals surface area contributed by atoms with E-state index in [4.69, 9.17) is 37.0 Å². The second-order valence-electron chi connectivity index (χ2n) is 27.4. The fraction of sp³-hybridized carbons (Fsp3) is 0.946. The molecule has 0 aromatic carbocycles. The van der Waals surface area contributed by atoms with Gasteiger partial charge in [0.1, 0.15) is 19.3 Å². The number of hydrogen-bond acceptors (Lipinski definition) is 15. The molecule has 3 N–H and O–H groups in total. The molecule has 552 valence electrons. The monoisotopic (exact) mass is 1370 g/mol. The van der Waals surface area contributed by atoms with Crippen LogP contribution in [0, 0.1) is 11.8 Å². The molecule has 0 radical (unpaired) electrons. The van der Waals surface area contributed by atoms with E-state index in [-0.39, 0.29) is 25.7 Å². The van der Waals surface area contributed by atoms with Crippen LogP contribution in [0.3, 0.4) is 0 Å². The molecular formula is C74H144O17P2. The van der Waals surface area contributed by atoms with E-state index in [1.54, 1.807) is 0 Å². The van der Waals surface area contributed by atoms with E-state index in [1.165, 1.54) is 193 Å². The van der Waals surface area contributed by atoms with Crippen molar-refractivity contribution < 1.29 is 80.2 Å². The van der Waals surface area contributed by atoms with Gasteiger partial charge in [-0.3, -0.25) is 37.3 Å². The first-order valence-electron chi connectivity index (χ1n) is 38.5. The number of unbranched alkanes of at least 4 members (excludes halogenated alkanes) is 42. The van der Waals surface area contributed by atoms with Gasteiger partial charge in [-0.1, -0.05) is 330 Å². The van der Waals surface area contributed by atoms with Crippen molar-refractivity contribution in [2.45, 2.75) is 400 Å². The lowest BCUT2D eigenvalue weighted by molar-refractivity contribution is -0.161. The molecule has 0 spiro atoms. The molecule has 0 aliphatic heterocycles. The Morgan fingerprint density at radius 1 is 0.312 bits per heavy atom. The average Bonchev–Trinajstić information content (AvgIpc) is 2.69. The third kappa shape index (κ3) is 67.0. The van der Waals surface area contributed by atoms with Crippen LogP contribution in [0.25, 0.3) is 0 Å². The number of carbonyl (C=O) groups is 4. The normalized spacial score (nSPS) is 14.3. The zero-order valence-corrected chi connectivity index (χ0v) is 62.3. The van der Waals surface area contributed by atoms with Crippen LogP contribution < -0.4 is 0 Å². The van der Waals surface area contributed by atoms with Crippen LogP contribution in [-0.4, -0.2) is 96.7 Å². The fourth-order valence-corrected chi connectivity index (χ4v) is 12.8. The van der Waals surface area contributed by atoms with Crippen LogP contribution >= 0.6 is 15.6 Å². The summed E-state index contributed by atoms with van der Waals surface area (Å²) in [4.78, 5) is 72.7. The molecule has 0 saturated carbocycles. The molecule has 3 unspecified atom stereocenters. The van der Waals surface area contributed by atoms with E-state index in [0.717, 1.165) is 108 Å². The number of aliphatic hydroxyl groups is 1. The van der Waals surface area contributed by atoms with E-state index < -0.39 is 97.5 Å². The Morgan fingerprint density at radius 3 is 0.817 bits per heavy atom. The van der Waals surface area contributed by atoms with Crippen LogP contribution in [-0.2, 0) is 65.4 Å². The molecule has 17 nitrogen and oxygen atoms in total. The molecule has 0 saturated heterocycles. The van der Waals surface area contributed by atoms with Gasteiger partial charge in [-0.05, 0) is 37.5 Å². The van der Waals surface area contributed by atoms with Crippen molar-refractivity contribution in [2.75, 3.05) is 39.6 Å². The lowest BCUT2D eigenvalue weighted by Crippen LogP contribution is -2.30. The second kappa shape index (κ2) is 66.0. The zero-order chi connectivity index (χ0) is 68.6. The molecule has 19 heteroatoms. The topological polar surface area (TPSA) is 237 Å². The summed E-state index contributed by atoms with van der Waals surface area (Å²) in [6.07, 6.45) is 52.8. The van der Waals surface area contributed by atoms with Gasteiger partial charge in [0, 0.05) is 25.7 Å². The van der Waals surface area contributed by atoms with Gasteiger partial charge in [0.25, 0.3) is 0 Å².